The van der Waals surface area contributed by atoms with E-state index in [-0.39, 0.29) is 0 Å². The lowest BCUT2D eigenvalue weighted by Crippen LogP contribution is -2.34. The number of nitrogens with zero attached hydrogens (tertiary/aromatic N) is 1. The molecule has 3 aliphatic rings. The van der Waals surface area contributed by atoms with Crippen LogP contribution >= 0.6 is 0 Å². The second-order valence-corrected chi connectivity index (χ2v) is 7.42. The van der Waals surface area contributed by atoms with Crippen LogP contribution in [0.25, 0.3) is 0 Å². The van der Waals surface area contributed by atoms with Gasteiger partial charge in [0, 0.05) is 12.6 Å². The molecule has 3 fully saturated rings. The van der Waals surface area contributed by atoms with Gasteiger partial charge in [0.25, 0.3) is 0 Å². The summed E-state index contributed by atoms with van der Waals surface area (Å²) in [6, 6.07) is 0.961. The van der Waals surface area contributed by atoms with E-state index < -0.39 is 0 Å². The number of piperidine rings is 1. The Hall–Kier alpha value is -0.0800. The van der Waals surface area contributed by atoms with Crippen LogP contribution in [-0.2, 0) is 0 Å². The van der Waals surface area contributed by atoms with Crippen LogP contribution in [0.2, 0.25) is 0 Å². The van der Waals surface area contributed by atoms with Crippen molar-refractivity contribution in [2.45, 2.75) is 58.4 Å². The third-order valence-electron chi connectivity index (χ3n) is 5.47. The molecular weight excluding hydrogens is 220 g/mol. The van der Waals surface area contributed by atoms with Gasteiger partial charge >= 0.3 is 0 Å². The van der Waals surface area contributed by atoms with E-state index >= 15 is 0 Å². The van der Waals surface area contributed by atoms with Crippen molar-refractivity contribution in [1.82, 2.24) is 10.2 Å². The van der Waals surface area contributed by atoms with Crippen molar-refractivity contribution in [2.75, 3.05) is 26.2 Å². The first-order valence-corrected chi connectivity index (χ1v) is 8.14. The van der Waals surface area contributed by atoms with Crippen LogP contribution < -0.4 is 5.32 Å². The van der Waals surface area contributed by atoms with Crippen LogP contribution in [0.3, 0.4) is 0 Å². The average molecular weight is 250 g/mol. The Kier molecular flexibility index (Phi) is 3.68. The van der Waals surface area contributed by atoms with Crippen molar-refractivity contribution in [1.29, 1.82) is 0 Å². The van der Waals surface area contributed by atoms with Crippen molar-refractivity contribution in [3.8, 4) is 0 Å². The van der Waals surface area contributed by atoms with E-state index in [2.05, 4.69) is 24.1 Å². The molecule has 2 aliphatic carbocycles. The van der Waals surface area contributed by atoms with Crippen LogP contribution in [-0.4, -0.2) is 37.1 Å². The van der Waals surface area contributed by atoms with Gasteiger partial charge in [0.05, 0.1) is 0 Å². The zero-order valence-electron chi connectivity index (χ0n) is 12.3. The summed E-state index contributed by atoms with van der Waals surface area (Å²) in [6.45, 7) is 10.0. The molecule has 104 valence electrons. The van der Waals surface area contributed by atoms with Crippen molar-refractivity contribution in [2.24, 2.45) is 17.3 Å². The monoisotopic (exact) mass is 250 g/mol. The summed E-state index contributed by atoms with van der Waals surface area (Å²) < 4.78 is 0. The molecule has 0 bridgehead atoms. The molecule has 1 atom stereocenters. The number of nitrogens with one attached hydrogen (secondary N) is 1. The highest BCUT2D eigenvalue weighted by Crippen LogP contribution is 2.59. The summed E-state index contributed by atoms with van der Waals surface area (Å²) in [6.07, 6.45) is 8.75. The third-order valence-corrected chi connectivity index (χ3v) is 5.47. The smallest absolute Gasteiger partial charge is 0.00965 e. The highest BCUT2D eigenvalue weighted by atomic mass is 15.2. The number of rotatable bonds is 6. The van der Waals surface area contributed by atoms with E-state index in [1.165, 1.54) is 64.7 Å². The highest BCUT2D eigenvalue weighted by Gasteiger charge is 2.54. The molecule has 0 aromatic rings. The lowest BCUT2D eigenvalue weighted by Gasteiger charge is -2.27. The summed E-state index contributed by atoms with van der Waals surface area (Å²) >= 11 is 0. The molecule has 3 rings (SSSR count). The van der Waals surface area contributed by atoms with Crippen LogP contribution in [0.4, 0.5) is 0 Å². The minimum Gasteiger partial charge on any atom is -0.317 e. The Morgan fingerprint density at radius 1 is 1.22 bits per heavy atom. The van der Waals surface area contributed by atoms with Gasteiger partial charge in [-0.05, 0) is 75.4 Å². The standard InChI is InChI=1S/C16H30N2/c1-13(2)5-10-18(15-3-4-15)12-14-11-16(14)6-8-17-9-7-16/h13-15,17H,3-12H2,1-2H3. The number of hydrogen-bond donors (Lipinski definition) is 1. The summed E-state index contributed by atoms with van der Waals surface area (Å²) in [7, 11) is 0. The first-order valence-electron chi connectivity index (χ1n) is 8.14. The summed E-state index contributed by atoms with van der Waals surface area (Å²) in [5, 5.41) is 3.52. The van der Waals surface area contributed by atoms with Gasteiger partial charge in [0.2, 0.25) is 0 Å². The highest BCUT2D eigenvalue weighted by molar-refractivity contribution is 5.06. The SMILES string of the molecule is CC(C)CCN(CC1CC12CCNCC2)C1CC1. The van der Waals surface area contributed by atoms with Crippen LogP contribution in [0.5, 0.6) is 0 Å². The quantitative estimate of drug-likeness (QED) is 0.780. The van der Waals surface area contributed by atoms with Crippen molar-refractivity contribution < 1.29 is 0 Å². The van der Waals surface area contributed by atoms with Gasteiger partial charge in [0.15, 0.2) is 0 Å². The van der Waals surface area contributed by atoms with E-state index in [1.54, 1.807) is 0 Å². The zero-order valence-corrected chi connectivity index (χ0v) is 12.3. The third kappa shape index (κ3) is 2.91. The summed E-state index contributed by atoms with van der Waals surface area (Å²) in [4.78, 5) is 2.83. The second-order valence-electron chi connectivity index (χ2n) is 7.42. The molecule has 2 heteroatoms. The predicted octanol–water partition coefficient (Wildman–Crippen LogP) is 2.89. The molecule has 1 heterocycles. The fourth-order valence-corrected chi connectivity index (χ4v) is 3.80. The molecule has 0 aromatic carbocycles. The lowest BCUT2D eigenvalue weighted by molar-refractivity contribution is 0.211. The molecule has 0 aromatic heterocycles. The molecule has 1 N–H and O–H groups in total. The topological polar surface area (TPSA) is 15.3 Å². The Morgan fingerprint density at radius 2 is 1.94 bits per heavy atom. The van der Waals surface area contributed by atoms with E-state index in [1.807, 2.05) is 0 Å². The van der Waals surface area contributed by atoms with Gasteiger partial charge < -0.3 is 10.2 Å². The fourth-order valence-electron chi connectivity index (χ4n) is 3.80. The molecule has 0 radical (unpaired) electrons. The Morgan fingerprint density at radius 3 is 2.56 bits per heavy atom. The molecular formula is C16H30N2. The Labute approximate surface area is 113 Å². The molecule has 1 unspecified atom stereocenters. The maximum Gasteiger partial charge on any atom is 0.00965 e. The van der Waals surface area contributed by atoms with Gasteiger partial charge in [-0.15, -0.1) is 0 Å². The molecule has 0 amide bonds. The van der Waals surface area contributed by atoms with Gasteiger partial charge in [-0.25, -0.2) is 0 Å². The minimum absolute atomic E-state index is 0.774. The van der Waals surface area contributed by atoms with E-state index in [0.29, 0.717) is 0 Å². The van der Waals surface area contributed by atoms with Gasteiger partial charge in [-0.2, -0.15) is 0 Å². The zero-order chi connectivity index (χ0) is 12.6. The van der Waals surface area contributed by atoms with Crippen LogP contribution in [0.15, 0.2) is 0 Å². The van der Waals surface area contributed by atoms with E-state index in [9.17, 15) is 0 Å². The van der Waals surface area contributed by atoms with Gasteiger partial charge in [0.1, 0.15) is 0 Å². The van der Waals surface area contributed by atoms with Crippen molar-refractivity contribution in [3.63, 3.8) is 0 Å². The predicted molar refractivity (Wildman–Crippen MR) is 76.7 cm³/mol. The van der Waals surface area contributed by atoms with E-state index in [0.717, 1.165) is 23.3 Å². The van der Waals surface area contributed by atoms with Gasteiger partial charge in [-0.1, -0.05) is 13.8 Å². The maximum absolute atomic E-state index is 3.52. The Bertz CT molecular complexity index is 277. The average Bonchev–Trinajstić information content (AvgIpc) is 3.24. The number of hydrogen-bond acceptors (Lipinski definition) is 2. The maximum atomic E-state index is 3.52. The molecule has 1 aliphatic heterocycles. The van der Waals surface area contributed by atoms with E-state index in [4.69, 9.17) is 0 Å². The molecule has 1 saturated heterocycles. The normalized spacial score (nSPS) is 30.3. The first-order chi connectivity index (χ1) is 8.70. The molecule has 18 heavy (non-hydrogen) atoms. The first kappa shape index (κ1) is 12.9. The van der Waals surface area contributed by atoms with Crippen molar-refractivity contribution >= 4 is 0 Å². The fraction of sp³-hybridized carbons (Fsp3) is 1.00. The minimum atomic E-state index is 0.774. The molecule has 1 spiro atoms. The molecule has 2 saturated carbocycles. The largest absolute Gasteiger partial charge is 0.317 e. The molecule has 2 nitrogen and oxygen atoms in total. The van der Waals surface area contributed by atoms with Gasteiger partial charge in [-0.3, -0.25) is 0 Å². The summed E-state index contributed by atoms with van der Waals surface area (Å²) in [5.74, 6) is 1.89. The summed E-state index contributed by atoms with van der Waals surface area (Å²) in [5.41, 5.74) is 0.774. The second kappa shape index (κ2) is 5.13. The van der Waals surface area contributed by atoms with Crippen molar-refractivity contribution in [3.05, 3.63) is 0 Å². The Balaban J connectivity index is 1.48. The van der Waals surface area contributed by atoms with Crippen LogP contribution in [0, 0.1) is 17.3 Å². The van der Waals surface area contributed by atoms with Crippen LogP contribution in [0.1, 0.15) is 52.4 Å². The lowest BCUT2D eigenvalue weighted by atomic mass is 9.92.